The summed E-state index contributed by atoms with van der Waals surface area (Å²) in [5.74, 6) is 0.222. The van der Waals surface area contributed by atoms with Crippen LogP contribution in [0, 0.1) is 12.8 Å². The van der Waals surface area contributed by atoms with Crippen LogP contribution in [0.2, 0.25) is 0 Å². The summed E-state index contributed by atoms with van der Waals surface area (Å²) in [6.45, 7) is 7.98. The number of carbonyl (C=O) groups excluding carboxylic acids is 1. The van der Waals surface area contributed by atoms with E-state index in [-0.39, 0.29) is 11.7 Å². The number of ketones is 1. The van der Waals surface area contributed by atoms with Crippen LogP contribution in [0.15, 0.2) is 24.3 Å². The zero-order valence-corrected chi connectivity index (χ0v) is 11.4. The second kappa shape index (κ2) is 4.89. The van der Waals surface area contributed by atoms with Gasteiger partial charge in [0.1, 0.15) is 0 Å². The summed E-state index contributed by atoms with van der Waals surface area (Å²) in [4.78, 5) is 17.1. The van der Waals surface area contributed by atoms with Gasteiger partial charge >= 0.3 is 0 Å². The van der Waals surface area contributed by atoms with Crippen molar-refractivity contribution in [2.75, 3.05) is 0 Å². The molecule has 1 aromatic heterocycles. The van der Waals surface area contributed by atoms with E-state index in [9.17, 15) is 4.79 Å². The van der Waals surface area contributed by atoms with Crippen LogP contribution in [0.4, 0.5) is 0 Å². The average Bonchev–Trinajstić information content (AvgIpc) is 2.37. The first kappa shape index (κ1) is 12.7. The van der Waals surface area contributed by atoms with Gasteiger partial charge in [-0.2, -0.15) is 0 Å². The minimum atomic E-state index is 0.0132. The van der Waals surface area contributed by atoms with E-state index in [1.165, 1.54) is 0 Å². The molecule has 2 nitrogen and oxygen atoms in total. The van der Waals surface area contributed by atoms with Crippen molar-refractivity contribution in [3.63, 3.8) is 0 Å². The van der Waals surface area contributed by atoms with Gasteiger partial charge in [-0.15, -0.1) is 0 Å². The van der Waals surface area contributed by atoms with Crippen molar-refractivity contribution in [3.05, 3.63) is 41.1 Å². The van der Waals surface area contributed by atoms with Gasteiger partial charge < -0.3 is 0 Å². The van der Waals surface area contributed by atoms with Crippen molar-refractivity contribution < 1.29 is 4.79 Å². The molecule has 2 aromatic rings. The van der Waals surface area contributed by atoms with Gasteiger partial charge in [0.15, 0.2) is 5.78 Å². The number of carbonyl (C=O) groups is 1. The maximum Gasteiger partial charge on any atom is 0.166 e. The molecule has 1 aromatic carbocycles. The molecule has 0 bridgehead atoms. The highest BCUT2D eigenvalue weighted by Gasteiger charge is 2.19. The van der Waals surface area contributed by atoms with Crippen LogP contribution in [0.25, 0.3) is 10.9 Å². The lowest BCUT2D eigenvalue weighted by atomic mass is 9.92. The van der Waals surface area contributed by atoms with Gasteiger partial charge in [0, 0.05) is 22.6 Å². The van der Waals surface area contributed by atoms with Gasteiger partial charge in [-0.1, -0.05) is 39.0 Å². The molecular weight excluding hydrogens is 222 g/mol. The number of hydrogen-bond acceptors (Lipinski definition) is 2. The standard InChI is InChI=1S/C16H19NO/c1-5-13-11(4)15(16(18)10(2)3)12-8-6-7-9-14(12)17-13/h6-10H,5H2,1-4H3. The van der Waals surface area contributed by atoms with Crippen LogP contribution >= 0.6 is 0 Å². The Labute approximate surface area is 108 Å². The molecule has 0 radical (unpaired) electrons. The van der Waals surface area contributed by atoms with Crippen LogP contribution in [-0.2, 0) is 6.42 Å². The van der Waals surface area contributed by atoms with Crippen LogP contribution < -0.4 is 0 Å². The van der Waals surface area contributed by atoms with Crippen LogP contribution in [-0.4, -0.2) is 10.8 Å². The third kappa shape index (κ3) is 2.03. The number of hydrogen-bond donors (Lipinski definition) is 0. The van der Waals surface area contributed by atoms with Crippen molar-refractivity contribution in [2.45, 2.75) is 34.1 Å². The highest BCUT2D eigenvalue weighted by molar-refractivity contribution is 6.09. The predicted octanol–water partition coefficient (Wildman–Crippen LogP) is 3.94. The van der Waals surface area contributed by atoms with Crippen molar-refractivity contribution in [1.29, 1.82) is 0 Å². The Morgan fingerprint density at radius 3 is 2.56 bits per heavy atom. The Bertz CT molecular complexity index is 599. The van der Waals surface area contributed by atoms with E-state index in [4.69, 9.17) is 0 Å². The lowest BCUT2D eigenvalue weighted by Crippen LogP contribution is -2.12. The number of rotatable bonds is 3. The molecule has 2 heteroatoms. The smallest absolute Gasteiger partial charge is 0.166 e. The molecule has 18 heavy (non-hydrogen) atoms. The van der Waals surface area contributed by atoms with E-state index >= 15 is 0 Å². The average molecular weight is 241 g/mol. The van der Waals surface area contributed by atoms with E-state index in [0.717, 1.165) is 34.1 Å². The highest BCUT2D eigenvalue weighted by atomic mass is 16.1. The Hall–Kier alpha value is -1.70. The van der Waals surface area contributed by atoms with Gasteiger partial charge in [-0.25, -0.2) is 0 Å². The Morgan fingerprint density at radius 2 is 1.94 bits per heavy atom. The topological polar surface area (TPSA) is 30.0 Å². The number of benzene rings is 1. The molecule has 0 fully saturated rings. The Morgan fingerprint density at radius 1 is 1.28 bits per heavy atom. The van der Waals surface area contributed by atoms with Crippen molar-refractivity contribution >= 4 is 16.7 Å². The monoisotopic (exact) mass is 241 g/mol. The molecular formula is C16H19NO. The molecule has 0 amide bonds. The first-order valence-electron chi connectivity index (χ1n) is 6.48. The summed E-state index contributed by atoms with van der Waals surface area (Å²) >= 11 is 0. The summed E-state index contributed by atoms with van der Waals surface area (Å²) in [6.07, 6.45) is 0.856. The van der Waals surface area contributed by atoms with Crippen LogP contribution in [0.5, 0.6) is 0 Å². The third-order valence-electron chi connectivity index (χ3n) is 3.34. The SMILES string of the molecule is CCc1nc2ccccc2c(C(=O)C(C)C)c1C. The zero-order chi connectivity index (χ0) is 13.3. The maximum absolute atomic E-state index is 12.4. The molecule has 0 saturated heterocycles. The van der Waals surface area contributed by atoms with Crippen molar-refractivity contribution in [1.82, 2.24) is 4.98 Å². The van der Waals surface area contributed by atoms with E-state index in [2.05, 4.69) is 11.9 Å². The summed E-state index contributed by atoms with van der Waals surface area (Å²) in [5, 5.41) is 0.978. The summed E-state index contributed by atoms with van der Waals surface area (Å²) in [6, 6.07) is 7.90. The van der Waals surface area contributed by atoms with Gasteiger partial charge in [0.2, 0.25) is 0 Å². The Kier molecular flexibility index (Phi) is 3.46. The van der Waals surface area contributed by atoms with E-state index in [1.807, 2.05) is 45.0 Å². The number of aryl methyl sites for hydroxylation is 1. The fraction of sp³-hybridized carbons (Fsp3) is 0.375. The molecule has 1 heterocycles. The van der Waals surface area contributed by atoms with Crippen LogP contribution in [0.1, 0.15) is 42.4 Å². The third-order valence-corrected chi connectivity index (χ3v) is 3.34. The minimum Gasteiger partial charge on any atom is -0.294 e. The lowest BCUT2D eigenvalue weighted by Gasteiger charge is -2.14. The van der Waals surface area contributed by atoms with Gasteiger partial charge in [0.05, 0.1) is 5.52 Å². The normalized spacial score (nSPS) is 11.2. The lowest BCUT2D eigenvalue weighted by molar-refractivity contribution is 0.0940. The van der Waals surface area contributed by atoms with Gasteiger partial charge in [-0.05, 0) is 25.0 Å². The molecule has 0 aliphatic rings. The second-order valence-electron chi connectivity index (χ2n) is 4.95. The number of para-hydroxylation sites is 1. The fourth-order valence-electron chi connectivity index (χ4n) is 2.31. The molecule has 0 N–H and O–H groups in total. The van der Waals surface area contributed by atoms with Gasteiger partial charge in [0.25, 0.3) is 0 Å². The number of Topliss-reactive ketones (excluding diaryl/α,β-unsaturated/α-hetero) is 1. The molecule has 0 aliphatic carbocycles. The van der Waals surface area contributed by atoms with Gasteiger partial charge in [-0.3, -0.25) is 9.78 Å². The fourth-order valence-corrected chi connectivity index (χ4v) is 2.31. The summed E-state index contributed by atoms with van der Waals surface area (Å²) in [5.41, 5.74) is 3.84. The maximum atomic E-state index is 12.4. The predicted molar refractivity (Wildman–Crippen MR) is 75.0 cm³/mol. The molecule has 0 unspecified atom stereocenters. The molecule has 0 spiro atoms. The summed E-state index contributed by atoms with van der Waals surface area (Å²) < 4.78 is 0. The first-order valence-corrected chi connectivity index (χ1v) is 6.48. The number of aromatic nitrogens is 1. The highest BCUT2D eigenvalue weighted by Crippen LogP contribution is 2.25. The molecule has 0 saturated carbocycles. The molecule has 94 valence electrons. The number of pyridine rings is 1. The Balaban J connectivity index is 2.82. The largest absolute Gasteiger partial charge is 0.294 e. The minimum absolute atomic E-state index is 0.0132. The van der Waals surface area contributed by atoms with Crippen molar-refractivity contribution in [2.24, 2.45) is 5.92 Å². The molecule has 2 rings (SSSR count). The molecule has 0 atom stereocenters. The van der Waals surface area contributed by atoms with Crippen LogP contribution in [0.3, 0.4) is 0 Å². The quantitative estimate of drug-likeness (QED) is 0.762. The van der Waals surface area contributed by atoms with E-state index in [0.29, 0.717) is 0 Å². The molecule has 0 aliphatic heterocycles. The number of fused-ring (bicyclic) bond motifs is 1. The van der Waals surface area contributed by atoms with E-state index in [1.54, 1.807) is 0 Å². The number of nitrogens with zero attached hydrogens (tertiary/aromatic N) is 1. The second-order valence-corrected chi connectivity index (χ2v) is 4.95. The summed E-state index contributed by atoms with van der Waals surface area (Å²) in [7, 11) is 0. The zero-order valence-electron chi connectivity index (χ0n) is 11.4. The van der Waals surface area contributed by atoms with E-state index < -0.39 is 0 Å². The van der Waals surface area contributed by atoms with Crippen molar-refractivity contribution in [3.8, 4) is 0 Å². The first-order chi connectivity index (χ1) is 8.56.